The number of unbranched alkanes of at least 4 members (excludes halogenated alkanes) is 1. The number of nitrogens with one attached hydrogen (secondary N) is 1. The molecule has 1 saturated heterocycles. The largest absolute Gasteiger partial charge is 0.494 e. The number of rotatable bonds is 6. The van der Waals surface area contributed by atoms with E-state index in [1.165, 1.54) is 6.07 Å². The molecule has 1 N–H and O–H groups in total. The zero-order valence-corrected chi connectivity index (χ0v) is 19.0. The number of thioether (sulfide) groups is 1. The van der Waals surface area contributed by atoms with Gasteiger partial charge in [-0.15, -0.1) is 4.40 Å². The van der Waals surface area contributed by atoms with Crippen LogP contribution < -0.4 is 10.2 Å². The van der Waals surface area contributed by atoms with Crippen molar-refractivity contribution < 1.29 is 17.9 Å². The Bertz CT molecular complexity index is 1200. The van der Waals surface area contributed by atoms with Crippen molar-refractivity contribution >= 4 is 56.1 Å². The monoisotopic (exact) mass is 473 g/mol. The number of hydrazine groups is 1. The van der Waals surface area contributed by atoms with Gasteiger partial charge in [0.05, 0.1) is 11.5 Å². The number of amidine groups is 1. The molecule has 0 unspecified atom stereocenters. The molecule has 0 atom stereocenters. The summed E-state index contributed by atoms with van der Waals surface area (Å²) in [6.45, 7) is 2.78. The molecule has 7 nitrogen and oxygen atoms in total. The minimum absolute atomic E-state index is 0.0710. The minimum atomic E-state index is -3.80. The number of hydrogen-bond donors (Lipinski definition) is 1. The van der Waals surface area contributed by atoms with Gasteiger partial charge >= 0.3 is 0 Å². The Balaban J connectivity index is 1.50. The topological polar surface area (TPSA) is 88.1 Å². The normalized spacial score (nSPS) is 18.3. The van der Waals surface area contributed by atoms with E-state index in [-0.39, 0.29) is 21.0 Å². The molecule has 2 aliphatic rings. The average molecular weight is 474 g/mol. The number of thiocarbonyl (C=S) groups is 1. The standard InChI is InChI=1S/C21H19N3O4S3/c1-2-3-12-28-15-10-8-14(9-11-15)13-17-20(25)24(21(29)30-17)22-19-16-6-4-5-7-18(16)31(26,27)23-19/h4-11,13H,2-3,12H2,1H3,(H,22,23)/b17-13-. The molecule has 0 aromatic heterocycles. The van der Waals surface area contributed by atoms with E-state index in [1.807, 2.05) is 24.3 Å². The van der Waals surface area contributed by atoms with Gasteiger partial charge in [0.15, 0.2) is 10.2 Å². The Morgan fingerprint density at radius 1 is 1.19 bits per heavy atom. The third-order valence-electron chi connectivity index (χ3n) is 4.59. The van der Waals surface area contributed by atoms with Crippen LogP contribution in [0, 0.1) is 0 Å². The van der Waals surface area contributed by atoms with Gasteiger partial charge in [-0.1, -0.05) is 49.4 Å². The lowest BCUT2D eigenvalue weighted by Gasteiger charge is -2.16. The maximum Gasteiger partial charge on any atom is 0.285 e. The molecule has 10 heteroatoms. The zero-order chi connectivity index (χ0) is 22.0. The van der Waals surface area contributed by atoms with Crippen LogP contribution >= 0.6 is 24.0 Å². The summed E-state index contributed by atoms with van der Waals surface area (Å²) >= 11 is 6.45. The fraction of sp³-hybridized carbons (Fsp3) is 0.190. The first-order chi connectivity index (χ1) is 14.9. The molecule has 0 radical (unpaired) electrons. The Kier molecular flexibility index (Phi) is 6.12. The van der Waals surface area contributed by atoms with Crippen LogP contribution in [0.15, 0.2) is 62.7 Å². The van der Waals surface area contributed by atoms with Gasteiger partial charge in [-0.3, -0.25) is 10.2 Å². The van der Waals surface area contributed by atoms with Crippen LogP contribution in [0.5, 0.6) is 5.75 Å². The summed E-state index contributed by atoms with van der Waals surface area (Å²) in [5.41, 5.74) is 4.00. The van der Waals surface area contributed by atoms with Crippen molar-refractivity contribution in [3.05, 3.63) is 64.6 Å². The lowest BCUT2D eigenvalue weighted by atomic mass is 10.2. The van der Waals surface area contributed by atoms with E-state index in [9.17, 15) is 13.2 Å². The van der Waals surface area contributed by atoms with E-state index in [2.05, 4.69) is 16.7 Å². The molecular weight excluding hydrogens is 454 g/mol. The number of carbonyl (C=O) groups is 1. The molecule has 1 fully saturated rings. The number of hydrogen-bond acceptors (Lipinski definition) is 7. The molecule has 160 valence electrons. The second-order valence-corrected chi connectivity index (χ2v) is 10.1. The highest BCUT2D eigenvalue weighted by atomic mass is 32.2. The Labute approximate surface area is 190 Å². The molecule has 0 spiro atoms. The van der Waals surface area contributed by atoms with Crippen LogP contribution in [0.2, 0.25) is 0 Å². The first kappa shape index (κ1) is 21.5. The van der Waals surface area contributed by atoms with Crippen molar-refractivity contribution in [3.8, 4) is 5.75 Å². The van der Waals surface area contributed by atoms with E-state index in [0.717, 1.165) is 40.9 Å². The summed E-state index contributed by atoms with van der Waals surface area (Å²) in [5.74, 6) is 0.475. The van der Waals surface area contributed by atoms with E-state index in [0.29, 0.717) is 17.1 Å². The van der Waals surface area contributed by atoms with Crippen LogP contribution in [0.25, 0.3) is 6.08 Å². The Morgan fingerprint density at radius 3 is 2.68 bits per heavy atom. The summed E-state index contributed by atoms with van der Waals surface area (Å²) in [4.78, 5) is 13.4. The van der Waals surface area contributed by atoms with Gasteiger partial charge in [-0.2, -0.15) is 13.4 Å². The Hall–Kier alpha value is -2.69. The van der Waals surface area contributed by atoms with E-state index in [1.54, 1.807) is 24.3 Å². The quantitative estimate of drug-likeness (QED) is 0.389. The highest BCUT2D eigenvalue weighted by molar-refractivity contribution is 8.26. The lowest BCUT2D eigenvalue weighted by Crippen LogP contribution is -2.44. The van der Waals surface area contributed by atoms with Crippen molar-refractivity contribution in [2.24, 2.45) is 4.40 Å². The van der Waals surface area contributed by atoms with Gasteiger partial charge in [0.2, 0.25) is 0 Å². The number of fused-ring (bicyclic) bond motifs is 1. The summed E-state index contributed by atoms with van der Waals surface area (Å²) in [7, 11) is -3.80. The van der Waals surface area contributed by atoms with Crippen LogP contribution in [-0.2, 0) is 14.8 Å². The van der Waals surface area contributed by atoms with Crippen molar-refractivity contribution in [1.29, 1.82) is 0 Å². The molecular formula is C21H19N3O4S3. The molecule has 31 heavy (non-hydrogen) atoms. The molecule has 4 rings (SSSR count). The summed E-state index contributed by atoms with van der Waals surface area (Å²) in [6, 6.07) is 13.9. The highest BCUT2D eigenvalue weighted by Crippen LogP contribution is 2.33. The van der Waals surface area contributed by atoms with Crippen molar-refractivity contribution in [1.82, 2.24) is 10.4 Å². The van der Waals surface area contributed by atoms with Crippen LogP contribution in [-0.4, -0.2) is 36.1 Å². The van der Waals surface area contributed by atoms with Gasteiger partial charge in [0.25, 0.3) is 15.9 Å². The highest BCUT2D eigenvalue weighted by Gasteiger charge is 2.36. The third-order valence-corrected chi connectivity index (χ3v) is 7.22. The second kappa shape index (κ2) is 8.81. The molecule has 0 saturated carbocycles. The van der Waals surface area contributed by atoms with Crippen LogP contribution in [0.4, 0.5) is 0 Å². The van der Waals surface area contributed by atoms with Crippen molar-refractivity contribution in [3.63, 3.8) is 0 Å². The second-order valence-electron chi connectivity index (χ2n) is 6.81. The number of nitrogens with zero attached hydrogens (tertiary/aromatic N) is 2. The predicted molar refractivity (Wildman–Crippen MR) is 125 cm³/mol. The van der Waals surface area contributed by atoms with Crippen molar-refractivity contribution in [2.75, 3.05) is 6.61 Å². The molecule has 2 aromatic rings. The minimum Gasteiger partial charge on any atom is -0.494 e. The number of ether oxygens (including phenoxy) is 1. The van der Waals surface area contributed by atoms with Crippen molar-refractivity contribution in [2.45, 2.75) is 24.7 Å². The van der Waals surface area contributed by atoms with Crippen LogP contribution in [0.3, 0.4) is 0 Å². The molecule has 2 aliphatic heterocycles. The number of carbonyl (C=O) groups excluding carboxylic acids is 1. The maximum absolute atomic E-state index is 12.9. The predicted octanol–water partition coefficient (Wildman–Crippen LogP) is 3.72. The number of benzene rings is 2. The smallest absolute Gasteiger partial charge is 0.285 e. The number of sulfonamides is 1. The third kappa shape index (κ3) is 4.51. The Morgan fingerprint density at radius 2 is 1.94 bits per heavy atom. The van der Waals surface area contributed by atoms with Gasteiger partial charge in [-0.25, -0.2) is 0 Å². The summed E-state index contributed by atoms with van der Waals surface area (Å²) < 4.78 is 34.1. The lowest BCUT2D eigenvalue weighted by molar-refractivity contribution is -0.123. The van der Waals surface area contributed by atoms with Gasteiger partial charge in [0, 0.05) is 5.56 Å². The van der Waals surface area contributed by atoms with E-state index >= 15 is 0 Å². The molecule has 0 bridgehead atoms. The van der Waals surface area contributed by atoms with Gasteiger partial charge < -0.3 is 4.74 Å². The fourth-order valence-corrected chi connectivity index (χ4v) is 5.35. The maximum atomic E-state index is 12.9. The first-order valence-electron chi connectivity index (χ1n) is 9.61. The van der Waals surface area contributed by atoms with Crippen LogP contribution in [0.1, 0.15) is 30.9 Å². The van der Waals surface area contributed by atoms with E-state index in [4.69, 9.17) is 17.0 Å². The van der Waals surface area contributed by atoms with Gasteiger partial charge in [-0.05, 0) is 54.5 Å². The van der Waals surface area contributed by atoms with Gasteiger partial charge in [0.1, 0.15) is 10.6 Å². The molecule has 2 aromatic carbocycles. The SMILES string of the molecule is CCCCOc1ccc(/C=C2\SC(=S)N(NC3=NS(=O)(=O)c4ccccc43)C2=O)cc1. The molecule has 1 amide bonds. The average Bonchev–Trinajstić information content (AvgIpc) is 3.17. The summed E-state index contributed by atoms with van der Waals surface area (Å²) in [6.07, 6.45) is 3.80. The molecule has 2 heterocycles. The van der Waals surface area contributed by atoms with E-state index < -0.39 is 10.0 Å². The number of amides is 1. The molecule has 0 aliphatic carbocycles. The first-order valence-corrected chi connectivity index (χ1v) is 12.3. The summed E-state index contributed by atoms with van der Waals surface area (Å²) in [5, 5.41) is 1.14. The fourth-order valence-electron chi connectivity index (χ4n) is 3.00. The zero-order valence-electron chi connectivity index (χ0n) is 16.6.